The molecule has 28 heavy (non-hydrogen) atoms. The first kappa shape index (κ1) is 19.4. The Morgan fingerprint density at radius 1 is 1.21 bits per heavy atom. The summed E-state index contributed by atoms with van der Waals surface area (Å²) in [5.41, 5.74) is 0.317. The second-order valence-corrected chi connectivity index (χ2v) is 8.91. The summed E-state index contributed by atoms with van der Waals surface area (Å²) >= 11 is 0. The molecular weight excluding hydrogens is 358 g/mol. The van der Waals surface area contributed by atoms with Crippen molar-refractivity contribution < 1.29 is 19.2 Å². The lowest BCUT2D eigenvalue weighted by Gasteiger charge is -2.41. The van der Waals surface area contributed by atoms with E-state index in [1.807, 2.05) is 4.90 Å². The summed E-state index contributed by atoms with van der Waals surface area (Å²) < 4.78 is 5.26. The number of aliphatic hydroxyl groups excluding tert-OH is 1. The van der Waals surface area contributed by atoms with E-state index in [0.29, 0.717) is 36.9 Å². The largest absolute Gasteiger partial charge is 0.394 e. The average Bonchev–Trinajstić information content (AvgIpc) is 3.44. The molecule has 2 N–H and O–H groups in total. The van der Waals surface area contributed by atoms with Crippen LogP contribution in [-0.4, -0.2) is 52.2 Å². The van der Waals surface area contributed by atoms with Gasteiger partial charge in [0.1, 0.15) is 5.76 Å². The highest BCUT2D eigenvalue weighted by Gasteiger charge is 2.36. The Morgan fingerprint density at radius 3 is 2.64 bits per heavy atom. The predicted molar refractivity (Wildman–Crippen MR) is 103 cm³/mol. The molecule has 1 saturated heterocycles. The van der Waals surface area contributed by atoms with Gasteiger partial charge in [-0.3, -0.25) is 9.59 Å². The Morgan fingerprint density at radius 2 is 1.96 bits per heavy atom. The molecule has 2 saturated carbocycles. The van der Waals surface area contributed by atoms with Crippen molar-refractivity contribution in [1.82, 2.24) is 15.4 Å². The maximum absolute atomic E-state index is 13.0. The van der Waals surface area contributed by atoms with Gasteiger partial charge in [0, 0.05) is 30.5 Å². The highest BCUT2D eigenvalue weighted by atomic mass is 16.5. The first-order chi connectivity index (χ1) is 13.5. The van der Waals surface area contributed by atoms with Crippen molar-refractivity contribution in [2.45, 2.75) is 76.3 Å². The molecule has 2 aliphatic carbocycles. The second-order valence-electron chi connectivity index (χ2n) is 8.91. The normalized spacial score (nSPS) is 30.9. The first-order valence-corrected chi connectivity index (χ1v) is 10.7. The SMILES string of the molecule is CC1CCC(C(=O)N2CC[C@@H](NC(=O)c3cc(C4CC4)on3)C[C@H]2CO)CC1. The van der Waals surface area contributed by atoms with Crippen LogP contribution in [0.2, 0.25) is 0 Å². The van der Waals surface area contributed by atoms with Crippen LogP contribution in [0, 0.1) is 11.8 Å². The van der Waals surface area contributed by atoms with Crippen molar-refractivity contribution >= 4 is 11.8 Å². The number of hydrogen-bond donors (Lipinski definition) is 2. The highest BCUT2D eigenvalue weighted by Crippen LogP contribution is 2.40. The molecule has 0 aromatic carbocycles. The van der Waals surface area contributed by atoms with Crippen LogP contribution in [0.3, 0.4) is 0 Å². The van der Waals surface area contributed by atoms with Crippen LogP contribution in [0.4, 0.5) is 0 Å². The molecular formula is C21H31N3O4. The van der Waals surface area contributed by atoms with Crippen molar-refractivity contribution in [2.24, 2.45) is 11.8 Å². The maximum atomic E-state index is 13.0. The number of carbonyl (C=O) groups is 2. The third-order valence-corrected chi connectivity index (χ3v) is 6.65. The fourth-order valence-electron chi connectivity index (χ4n) is 4.60. The monoisotopic (exact) mass is 389 g/mol. The van der Waals surface area contributed by atoms with Gasteiger partial charge < -0.3 is 19.8 Å². The van der Waals surface area contributed by atoms with Crippen molar-refractivity contribution in [2.75, 3.05) is 13.2 Å². The van der Waals surface area contributed by atoms with Crippen molar-refractivity contribution in [3.8, 4) is 0 Å². The number of likely N-dealkylation sites (tertiary alicyclic amines) is 1. The Balaban J connectivity index is 1.32. The van der Waals surface area contributed by atoms with E-state index < -0.39 is 0 Å². The standard InChI is InChI=1S/C21H31N3O4/c1-13-2-4-15(5-3-13)21(27)24-9-8-16(10-17(24)12-25)22-20(26)18-11-19(28-23-18)14-6-7-14/h11,13-17,25H,2-10,12H2,1H3,(H,22,26)/t13?,15?,16-,17+/m1/s1. The fourth-order valence-corrected chi connectivity index (χ4v) is 4.60. The molecule has 1 aromatic heterocycles. The van der Waals surface area contributed by atoms with E-state index in [1.54, 1.807) is 6.07 Å². The zero-order chi connectivity index (χ0) is 19.7. The van der Waals surface area contributed by atoms with Gasteiger partial charge in [-0.1, -0.05) is 12.1 Å². The molecule has 1 aliphatic heterocycles. The summed E-state index contributed by atoms with van der Waals surface area (Å²) in [4.78, 5) is 27.3. The van der Waals surface area contributed by atoms with Crippen LogP contribution in [-0.2, 0) is 4.79 Å². The van der Waals surface area contributed by atoms with Gasteiger partial charge in [-0.2, -0.15) is 0 Å². The minimum absolute atomic E-state index is 0.0684. The number of rotatable bonds is 5. The summed E-state index contributed by atoms with van der Waals surface area (Å²) in [6.45, 7) is 2.75. The van der Waals surface area contributed by atoms with Crippen LogP contribution < -0.4 is 5.32 Å². The zero-order valence-electron chi connectivity index (χ0n) is 16.6. The summed E-state index contributed by atoms with van der Waals surface area (Å²) in [5.74, 6) is 1.95. The minimum Gasteiger partial charge on any atom is -0.394 e. The molecule has 154 valence electrons. The van der Waals surface area contributed by atoms with E-state index in [4.69, 9.17) is 4.52 Å². The third-order valence-electron chi connectivity index (χ3n) is 6.65. The van der Waals surface area contributed by atoms with E-state index in [2.05, 4.69) is 17.4 Å². The van der Waals surface area contributed by atoms with Gasteiger partial charge in [-0.05, 0) is 57.3 Å². The van der Waals surface area contributed by atoms with Gasteiger partial charge in [0.25, 0.3) is 5.91 Å². The van der Waals surface area contributed by atoms with Gasteiger partial charge in [0.2, 0.25) is 5.91 Å². The third kappa shape index (κ3) is 4.24. The molecule has 0 unspecified atom stereocenters. The summed E-state index contributed by atoms with van der Waals surface area (Å²) in [6, 6.07) is 1.44. The molecule has 0 spiro atoms. The van der Waals surface area contributed by atoms with Gasteiger partial charge in [0.05, 0.1) is 12.6 Å². The quantitative estimate of drug-likeness (QED) is 0.806. The lowest BCUT2D eigenvalue weighted by Crippen LogP contribution is -2.54. The summed E-state index contributed by atoms with van der Waals surface area (Å²) in [6.07, 6.45) is 7.58. The molecule has 2 atom stereocenters. The number of aliphatic hydroxyl groups is 1. The van der Waals surface area contributed by atoms with E-state index >= 15 is 0 Å². The van der Waals surface area contributed by atoms with Crippen LogP contribution in [0.1, 0.15) is 80.5 Å². The Bertz CT molecular complexity index is 706. The lowest BCUT2D eigenvalue weighted by atomic mass is 9.81. The lowest BCUT2D eigenvalue weighted by molar-refractivity contribution is -0.142. The number of nitrogens with one attached hydrogen (secondary N) is 1. The number of aromatic nitrogens is 1. The van der Waals surface area contributed by atoms with E-state index in [0.717, 1.165) is 44.3 Å². The second kappa shape index (κ2) is 8.23. The van der Waals surface area contributed by atoms with Crippen LogP contribution in [0.15, 0.2) is 10.6 Å². The fraction of sp³-hybridized carbons (Fsp3) is 0.762. The molecule has 3 aliphatic rings. The molecule has 4 rings (SSSR count). The Hall–Kier alpha value is -1.89. The number of hydrogen-bond acceptors (Lipinski definition) is 5. The Labute approximate surface area is 165 Å². The first-order valence-electron chi connectivity index (χ1n) is 10.7. The van der Waals surface area contributed by atoms with Gasteiger partial charge in [-0.15, -0.1) is 0 Å². The predicted octanol–water partition coefficient (Wildman–Crippen LogP) is 2.46. The Kier molecular flexibility index (Phi) is 5.71. The number of nitrogens with zero attached hydrogens (tertiary/aromatic N) is 2. The van der Waals surface area contributed by atoms with Gasteiger partial charge in [0.15, 0.2) is 5.69 Å². The molecule has 1 aromatic rings. The molecule has 2 heterocycles. The molecule has 3 fully saturated rings. The summed E-state index contributed by atoms with van der Waals surface area (Å²) in [5, 5.41) is 16.8. The number of carbonyl (C=O) groups excluding carboxylic acids is 2. The smallest absolute Gasteiger partial charge is 0.273 e. The maximum Gasteiger partial charge on any atom is 0.273 e. The van der Waals surface area contributed by atoms with Crippen molar-refractivity contribution in [1.29, 1.82) is 0 Å². The summed E-state index contributed by atoms with van der Waals surface area (Å²) in [7, 11) is 0. The van der Waals surface area contributed by atoms with Crippen molar-refractivity contribution in [3.63, 3.8) is 0 Å². The van der Waals surface area contributed by atoms with Crippen molar-refractivity contribution in [3.05, 3.63) is 17.5 Å². The zero-order valence-corrected chi connectivity index (χ0v) is 16.6. The molecule has 0 radical (unpaired) electrons. The van der Waals surface area contributed by atoms with Gasteiger partial charge in [-0.25, -0.2) is 0 Å². The topological polar surface area (TPSA) is 95.7 Å². The number of amides is 2. The molecule has 7 heteroatoms. The van der Waals surface area contributed by atoms with E-state index in [1.165, 1.54) is 0 Å². The van der Waals surface area contributed by atoms with E-state index in [-0.39, 0.29) is 36.4 Å². The average molecular weight is 389 g/mol. The van der Waals surface area contributed by atoms with Crippen LogP contribution >= 0.6 is 0 Å². The molecule has 2 amide bonds. The van der Waals surface area contributed by atoms with Crippen LogP contribution in [0.25, 0.3) is 0 Å². The molecule has 7 nitrogen and oxygen atoms in total. The number of piperidine rings is 1. The highest BCUT2D eigenvalue weighted by molar-refractivity contribution is 5.92. The molecule has 0 bridgehead atoms. The van der Waals surface area contributed by atoms with Crippen LogP contribution in [0.5, 0.6) is 0 Å². The minimum atomic E-state index is -0.238. The van der Waals surface area contributed by atoms with E-state index in [9.17, 15) is 14.7 Å². The van der Waals surface area contributed by atoms with Gasteiger partial charge >= 0.3 is 0 Å².